The number of carbonyl (C=O) groups is 3. The number of benzene rings is 2. The van der Waals surface area contributed by atoms with Crippen LogP contribution in [0.5, 0.6) is 0 Å². The third kappa shape index (κ3) is 6.76. The van der Waals surface area contributed by atoms with E-state index in [0.29, 0.717) is 41.2 Å². The number of anilines is 1. The molecule has 0 spiro atoms. The highest BCUT2D eigenvalue weighted by molar-refractivity contribution is 9.10. The van der Waals surface area contributed by atoms with E-state index in [9.17, 15) is 23.9 Å². The molecule has 3 amide bonds. The van der Waals surface area contributed by atoms with Gasteiger partial charge in [-0.3, -0.25) is 29.4 Å². The Balaban J connectivity index is 1.44. The second kappa shape index (κ2) is 11.9. The average molecular weight is 589 g/mol. The largest absolute Gasteiger partial charge is 0.465 e. The highest BCUT2D eigenvalue weighted by Gasteiger charge is 2.20. The van der Waals surface area contributed by atoms with Crippen molar-refractivity contribution in [2.75, 3.05) is 31.6 Å². The number of alkyl halides is 1. The zero-order valence-electron chi connectivity index (χ0n) is 20.3. The molecule has 3 aromatic rings. The fraction of sp³-hybridized carbons (Fsp3) is 0.292. The zero-order valence-corrected chi connectivity index (χ0v) is 21.9. The van der Waals surface area contributed by atoms with Gasteiger partial charge in [0.15, 0.2) is 5.96 Å². The highest BCUT2D eigenvalue weighted by Crippen LogP contribution is 2.24. The summed E-state index contributed by atoms with van der Waals surface area (Å²) in [5.41, 5.74) is 2.77. The van der Waals surface area contributed by atoms with Gasteiger partial charge in [-0.1, -0.05) is 22.0 Å². The van der Waals surface area contributed by atoms with Crippen LogP contribution in [0.1, 0.15) is 27.7 Å². The number of hydrogen-bond donors (Lipinski definition) is 7. The molecule has 0 bridgehead atoms. The van der Waals surface area contributed by atoms with Gasteiger partial charge in [0.25, 0.3) is 5.91 Å². The van der Waals surface area contributed by atoms with Gasteiger partial charge in [0.1, 0.15) is 6.17 Å². The van der Waals surface area contributed by atoms with E-state index >= 15 is 0 Å². The molecule has 1 aromatic heterocycles. The first-order chi connectivity index (χ1) is 18.2. The van der Waals surface area contributed by atoms with Crippen LogP contribution in [0.4, 0.5) is 14.9 Å². The lowest BCUT2D eigenvalue weighted by Gasteiger charge is -2.22. The van der Waals surface area contributed by atoms with Crippen molar-refractivity contribution in [1.82, 2.24) is 31.5 Å². The Kier molecular flexibility index (Phi) is 8.41. The van der Waals surface area contributed by atoms with Crippen molar-refractivity contribution in [3.63, 3.8) is 0 Å². The summed E-state index contributed by atoms with van der Waals surface area (Å²) < 4.78 is 13.6. The van der Waals surface area contributed by atoms with E-state index in [0.717, 1.165) is 10.0 Å². The molecule has 38 heavy (non-hydrogen) atoms. The van der Waals surface area contributed by atoms with Gasteiger partial charge in [0, 0.05) is 34.4 Å². The lowest BCUT2D eigenvalue weighted by atomic mass is 10.1. The highest BCUT2D eigenvalue weighted by atomic mass is 79.9. The third-order valence-corrected chi connectivity index (χ3v) is 6.20. The molecular weight excluding hydrogens is 563 g/mol. The van der Waals surface area contributed by atoms with Gasteiger partial charge >= 0.3 is 6.09 Å². The van der Waals surface area contributed by atoms with Crippen molar-refractivity contribution in [2.45, 2.75) is 13.1 Å². The molecule has 7 N–H and O–H groups in total. The minimum atomic E-state index is -1.32. The monoisotopic (exact) mass is 588 g/mol. The summed E-state index contributed by atoms with van der Waals surface area (Å²) in [7, 11) is 0. The maximum absolute atomic E-state index is 12.9. The first-order valence-corrected chi connectivity index (χ1v) is 12.4. The molecule has 4 rings (SSSR count). The fourth-order valence-corrected chi connectivity index (χ4v) is 4.54. The van der Waals surface area contributed by atoms with Gasteiger partial charge in [-0.15, -0.1) is 0 Å². The number of fused-ring (bicyclic) bond motifs is 1. The number of aromatic nitrogens is 2. The molecule has 2 unspecified atom stereocenters. The molecule has 14 heteroatoms. The number of hydrogen-bond acceptors (Lipinski definition) is 7. The van der Waals surface area contributed by atoms with Gasteiger partial charge in [-0.25, -0.2) is 4.79 Å². The number of halogens is 2. The molecule has 0 fully saturated rings. The predicted octanol–water partition coefficient (Wildman–Crippen LogP) is 2.40. The Hall–Kier alpha value is -4.20. The second-order valence-corrected chi connectivity index (χ2v) is 9.68. The van der Waals surface area contributed by atoms with E-state index < -0.39 is 37.3 Å². The molecular formula is C24H26BrFN8O4. The Morgan fingerprint density at radius 2 is 2.03 bits per heavy atom. The molecule has 0 saturated heterocycles. The zero-order chi connectivity index (χ0) is 27.2. The Labute approximate surface area is 225 Å². The van der Waals surface area contributed by atoms with Gasteiger partial charge in [0.05, 0.1) is 30.6 Å². The number of guanidine groups is 1. The summed E-state index contributed by atoms with van der Waals surface area (Å²) in [5, 5.41) is 30.3. The third-order valence-electron chi connectivity index (χ3n) is 5.74. The van der Waals surface area contributed by atoms with E-state index in [1.807, 2.05) is 13.0 Å². The van der Waals surface area contributed by atoms with Crippen molar-refractivity contribution in [2.24, 2.45) is 10.9 Å². The van der Waals surface area contributed by atoms with Crippen LogP contribution >= 0.6 is 15.9 Å². The predicted molar refractivity (Wildman–Crippen MR) is 143 cm³/mol. The lowest BCUT2D eigenvalue weighted by Crippen LogP contribution is -2.44. The summed E-state index contributed by atoms with van der Waals surface area (Å²) in [4.78, 5) is 41.1. The number of rotatable bonds is 8. The molecule has 2 aromatic carbocycles. The number of nitrogens with one attached hydrogen (secondary N) is 6. The lowest BCUT2D eigenvalue weighted by molar-refractivity contribution is -0.121. The van der Waals surface area contributed by atoms with Crippen molar-refractivity contribution in [3.05, 3.63) is 57.7 Å². The quantitative estimate of drug-likeness (QED) is 0.198. The minimum absolute atomic E-state index is 0.185. The van der Waals surface area contributed by atoms with Crippen LogP contribution in [0.15, 0.2) is 46.0 Å². The number of amides is 3. The van der Waals surface area contributed by atoms with E-state index in [1.165, 1.54) is 0 Å². The number of aromatic amines is 1. The summed E-state index contributed by atoms with van der Waals surface area (Å²) in [6, 6.07) is 8.46. The molecule has 1 aliphatic rings. The first-order valence-electron chi connectivity index (χ1n) is 11.6. The minimum Gasteiger partial charge on any atom is -0.465 e. The number of H-pyrrole nitrogens is 1. The van der Waals surface area contributed by atoms with Crippen molar-refractivity contribution in [1.29, 1.82) is 0 Å². The van der Waals surface area contributed by atoms with Gasteiger partial charge in [-0.2, -0.15) is 5.10 Å². The van der Waals surface area contributed by atoms with E-state index in [4.69, 9.17) is 0 Å². The summed E-state index contributed by atoms with van der Waals surface area (Å²) >= 11 is 3.36. The average Bonchev–Trinajstić information content (AvgIpc) is 3.36. The molecule has 12 nitrogen and oxygen atoms in total. The van der Waals surface area contributed by atoms with Crippen molar-refractivity contribution >= 4 is 56.4 Å². The number of aryl methyl sites for hydroxylation is 1. The SMILES string of the molecule is Cc1cc(Br)cc(C(NC(=O)O)NC(=O)CNC(=O)c2cc(NC3=NCC(CF)CN3)c3cn[nH]c3c2)c1. The van der Waals surface area contributed by atoms with Crippen molar-refractivity contribution < 1.29 is 23.9 Å². The van der Waals surface area contributed by atoms with Crippen LogP contribution in [0.3, 0.4) is 0 Å². The molecule has 2 atom stereocenters. The van der Waals surface area contributed by atoms with E-state index in [-0.39, 0.29) is 11.5 Å². The van der Waals surface area contributed by atoms with Crippen molar-refractivity contribution in [3.8, 4) is 0 Å². The maximum atomic E-state index is 12.9. The van der Waals surface area contributed by atoms with Crippen LogP contribution in [-0.4, -0.2) is 65.5 Å². The molecule has 0 aliphatic carbocycles. The van der Waals surface area contributed by atoms with E-state index in [2.05, 4.69) is 57.7 Å². The molecule has 2 heterocycles. The summed E-state index contributed by atoms with van der Waals surface area (Å²) in [6.45, 7) is 1.75. The number of carbonyl (C=O) groups excluding carboxylic acids is 2. The molecule has 200 valence electrons. The molecule has 0 saturated carbocycles. The smallest absolute Gasteiger partial charge is 0.406 e. The Morgan fingerprint density at radius 1 is 1.21 bits per heavy atom. The maximum Gasteiger partial charge on any atom is 0.406 e. The van der Waals surface area contributed by atoms with Crippen LogP contribution in [0.2, 0.25) is 0 Å². The van der Waals surface area contributed by atoms with Crippen LogP contribution in [0.25, 0.3) is 10.9 Å². The summed E-state index contributed by atoms with van der Waals surface area (Å²) in [5.74, 6) is -0.861. The number of aliphatic imine (C=N–C) groups is 1. The fourth-order valence-electron chi connectivity index (χ4n) is 3.91. The van der Waals surface area contributed by atoms with Crippen LogP contribution in [0, 0.1) is 12.8 Å². The first kappa shape index (κ1) is 26.9. The Bertz CT molecular complexity index is 1370. The van der Waals surface area contributed by atoms with Gasteiger partial charge in [-0.05, 0) is 42.3 Å². The normalized spacial score (nSPS) is 15.7. The number of carboxylic acid groups (broad SMARTS) is 1. The van der Waals surface area contributed by atoms with Gasteiger partial charge in [0.2, 0.25) is 5.91 Å². The van der Waals surface area contributed by atoms with Gasteiger partial charge < -0.3 is 26.4 Å². The topological polar surface area (TPSA) is 173 Å². The second-order valence-electron chi connectivity index (χ2n) is 8.77. The molecule has 1 aliphatic heterocycles. The van der Waals surface area contributed by atoms with Crippen LogP contribution < -0.4 is 26.6 Å². The molecule has 0 radical (unpaired) electrons. The summed E-state index contributed by atoms with van der Waals surface area (Å²) in [6.07, 6.45) is -0.743. The van der Waals surface area contributed by atoms with Crippen LogP contribution in [-0.2, 0) is 4.79 Å². The van der Waals surface area contributed by atoms with E-state index in [1.54, 1.807) is 30.5 Å². The standard InChI is InChI=1S/C24H26BrFN8O4/c1-12-2-14(4-16(25)3-12)21(33-24(37)38)32-20(35)11-27-22(36)15-5-18(17-10-30-34-19(17)6-15)31-23-28-8-13(7-26)9-29-23/h2-6,10,13,21,33H,7-9,11H2,1H3,(H,27,36)(H,30,34)(H,32,35)(H,37,38)(H2,28,29,31). The Morgan fingerprint density at radius 3 is 2.71 bits per heavy atom. The number of nitrogens with zero attached hydrogens (tertiary/aromatic N) is 2.